The van der Waals surface area contributed by atoms with Gasteiger partial charge in [0.05, 0.1) is 16.6 Å². The predicted molar refractivity (Wildman–Crippen MR) is 147 cm³/mol. The molecule has 8 rings (SSSR count). The van der Waals surface area contributed by atoms with Crippen molar-refractivity contribution in [3.8, 4) is 17.3 Å². The van der Waals surface area contributed by atoms with Gasteiger partial charge in [-0.25, -0.2) is 18.9 Å². The molecule has 4 heterocycles. The Labute approximate surface area is 215 Å². The van der Waals surface area contributed by atoms with Gasteiger partial charge in [0.1, 0.15) is 29.5 Å². The third kappa shape index (κ3) is 2.96. The summed E-state index contributed by atoms with van der Waals surface area (Å²) in [7, 11) is 0. The van der Waals surface area contributed by atoms with E-state index in [4.69, 9.17) is 4.74 Å². The second-order valence-corrected chi connectivity index (χ2v) is 9.16. The maximum Gasteiger partial charge on any atom is 0.163 e. The maximum atomic E-state index is 14.9. The van der Waals surface area contributed by atoms with Gasteiger partial charge in [0, 0.05) is 33.8 Å². The van der Waals surface area contributed by atoms with Crippen LogP contribution in [-0.2, 0) is 0 Å². The Morgan fingerprint density at radius 3 is 2.32 bits per heavy atom. The molecular formula is C31H18FN5O. The Kier molecular flexibility index (Phi) is 4.31. The molecule has 0 saturated heterocycles. The molecule has 0 unspecified atom stereocenters. The van der Waals surface area contributed by atoms with Gasteiger partial charge in [0.25, 0.3) is 0 Å². The second-order valence-electron chi connectivity index (χ2n) is 9.16. The van der Waals surface area contributed by atoms with E-state index in [0.29, 0.717) is 28.0 Å². The quantitative estimate of drug-likeness (QED) is 0.239. The molecule has 0 fully saturated rings. The molecule has 0 bridgehead atoms. The van der Waals surface area contributed by atoms with Gasteiger partial charge < -0.3 is 4.74 Å². The number of hydrogen-bond donors (Lipinski definition) is 0. The molecule has 4 aromatic carbocycles. The van der Waals surface area contributed by atoms with Gasteiger partial charge in [0.2, 0.25) is 0 Å². The zero-order valence-corrected chi connectivity index (χ0v) is 19.9. The molecule has 7 heteroatoms. The summed E-state index contributed by atoms with van der Waals surface area (Å²) < 4.78 is 25.1. The number of nitrogens with zero attached hydrogens (tertiary/aromatic N) is 5. The average Bonchev–Trinajstić information content (AvgIpc) is 3.57. The second kappa shape index (κ2) is 7.85. The van der Waals surface area contributed by atoms with Crippen LogP contribution in [0.15, 0.2) is 110 Å². The molecule has 0 aliphatic rings. The average molecular weight is 496 g/mol. The van der Waals surface area contributed by atoms with E-state index in [1.807, 2.05) is 66.7 Å². The van der Waals surface area contributed by atoms with Crippen molar-refractivity contribution in [2.24, 2.45) is 0 Å². The number of rotatable bonds is 3. The van der Waals surface area contributed by atoms with Gasteiger partial charge in [-0.15, -0.1) is 0 Å². The fourth-order valence-electron chi connectivity index (χ4n) is 5.43. The number of hydrogen-bond acceptors (Lipinski definition) is 4. The van der Waals surface area contributed by atoms with Crippen LogP contribution in [0.5, 0.6) is 11.5 Å². The summed E-state index contributed by atoms with van der Waals surface area (Å²) >= 11 is 0. The van der Waals surface area contributed by atoms with Crippen molar-refractivity contribution in [1.82, 2.24) is 24.1 Å². The molecular weight excluding hydrogens is 477 g/mol. The van der Waals surface area contributed by atoms with Crippen LogP contribution in [0, 0.1) is 5.82 Å². The zero-order chi connectivity index (χ0) is 25.2. The largest absolute Gasteiger partial charge is 0.457 e. The van der Waals surface area contributed by atoms with Gasteiger partial charge >= 0.3 is 0 Å². The lowest BCUT2D eigenvalue weighted by atomic mass is 10.1. The molecule has 0 aliphatic heterocycles. The van der Waals surface area contributed by atoms with Gasteiger partial charge in [-0.2, -0.15) is 5.10 Å². The Balaban J connectivity index is 1.31. The summed E-state index contributed by atoms with van der Waals surface area (Å²) in [6.45, 7) is 0. The highest BCUT2D eigenvalue weighted by Gasteiger charge is 2.16. The first-order valence-electron chi connectivity index (χ1n) is 12.2. The van der Waals surface area contributed by atoms with Crippen molar-refractivity contribution in [3.63, 3.8) is 0 Å². The van der Waals surface area contributed by atoms with Crippen molar-refractivity contribution in [2.45, 2.75) is 0 Å². The lowest BCUT2D eigenvalue weighted by Gasteiger charge is -2.11. The minimum absolute atomic E-state index is 0.300. The molecule has 0 radical (unpaired) electrons. The van der Waals surface area contributed by atoms with Crippen LogP contribution in [0.1, 0.15) is 0 Å². The summed E-state index contributed by atoms with van der Waals surface area (Å²) in [6.07, 6.45) is 3.28. The summed E-state index contributed by atoms with van der Waals surface area (Å²) in [5.74, 6) is 1.84. The lowest BCUT2D eigenvalue weighted by Crippen LogP contribution is -1.96. The van der Waals surface area contributed by atoms with Crippen LogP contribution in [-0.4, -0.2) is 24.1 Å². The number of fused-ring (bicyclic) bond motifs is 9. The van der Waals surface area contributed by atoms with Crippen LogP contribution in [0.25, 0.3) is 54.9 Å². The van der Waals surface area contributed by atoms with Crippen LogP contribution in [0.2, 0.25) is 0 Å². The fourth-order valence-corrected chi connectivity index (χ4v) is 5.43. The minimum atomic E-state index is -0.300. The molecule has 0 spiro atoms. The minimum Gasteiger partial charge on any atom is -0.457 e. The van der Waals surface area contributed by atoms with Gasteiger partial charge in [0.15, 0.2) is 5.65 Å². The van der Waals surface area contributed by atoms with E-state index in [2.05, 4.69) is 37.8 Å². The van der Waals surface area contributed by atoms with E-state index in [0.717, 1.165) is 38.4 Å². The highest BCUT2D eigenvalue weighted by molar-refractivity contribution is 6.12. The molecule has 0 N–H and O–H groups in total. The summed E-state index contributed by atoms with van der Waals surface area (Å²) in [5.41, 5.74) is 3.39. The Morgan fingerprint density at radius 2 is 1.42 bits per heavy atom. The summed E-state index contributed by atoms with van der Waals surface area (Å²) in [6, 6.07) is 30.9. The SMILES string of the molecule is Fc1cccc2c1c1ccc(Oc3ccc4c5ccccc5n(-c5ccccn5)c4c3)cc1c1ncnn21. The molecule has 0 aliphatic carbocycles. The predicted octanol–water partition coefficient (Wildman–Crippen LogP) is 7.46. The Morgan fingerprint density at radius 1 is 0.632 bits per heavy atom. The highest BCUT2D eigenvalue weighted by Crippen LogP contribution is 2.37. The van der Waals surface area contributed by atoms with E-state index < -0.39 is 0 Å². The fraction of sp³-hybridized carbons (Fsp3) is 0. The number of halogens is 1. The van der Waals surface area contributed by atoms with Crippen LogP contribution < -0.4 is 4.74 Å². The van der Waals surface area contributed by atoms with Crippen molar-refractivity contribution < 1.29 is 9.13 Å². The van der Waals surface area contributed by atoms with E-state index in [1.165, 1.54) is 12.4 Å². The summed E-state index contributed by atoms with van der Waals surface area (Å²) in [5, 5.41) is 8.63. The first-order chi connectivity index (χ1) is 18.8. The van der Waals surface area contributed by atoms with Crippen molar-refractivity contribution >= 4 is 49.1 Å². The molecule has 0 atom stereocenters. The van der Waals surface area contributed by atoms with Crippen molar-refractivity contribution in [3.05, 3.63) is 115 Å². The first kappa shape index (κ1) is 20.8. The van der Waals surface area contributed by atoms with E-state index in [-0.39, 0.29) is 5.82 Å². The van der Waals surface area contributed by atoms with Crippen LogP contribution in [0.4, 0.5) is 4.39 Å². The maximum absolute atomic E-state index is 14.9. The van der Waals surface area contributed by atoms with E-state index >= 15 is 0 Å². The molecule has 180 valence electrons. The number of benzene rings is 4. The number of ether oxygens (including phenoxy) is 1. The molecule has 4 aromatic heterocycles. The Hall–Kier alpha value is -5.30. The molecule has 38 heavy (non-hydrogen) atoms. The van der Waals surface area contributed by atoms with Crippen molar-refractivity contribution in [2.75, 3.05) is 0 Å². The van der Waals surface area contributed by atoms with Crippen molar-refractivity contribution in [1.29, 1.82) is 0 Å². The lowest BCUT2D eigenvalue weighted by molar-refractivity contribution is 0.484. The normalized spacial score (nSPS) is 11.8. The molecule has 0 saturated carbocycles. The molecule has 8 aromatic rings. The monoisotopic (exact) mass is 495 g/mol. The van der Waals surface area contributed by atoms with Crippen LogP contribution >= 0.6 is 0 Å². The van der Waals surface area contributed by atoms with E-state index in [1.54, 1.807) is 16.8 Å². The number of aromatic nitrogens is 5. The smallest absolute Gasteiger partial charge is 0.163 e. The number of pyridine rings is 2. The Bertz CT molecular complexity index is 2180. The third-order valence-electron chi connectivity index (χ3n) is 7.03. The highest BCUT2D eigenvalue weighted by atomic mass is 19.1. The summed E-state index contributed by atoms with van der Waals surface area (Å²) in [4.78, 5) is 9.05. The topological polar surface area (TPSA) is 57.2 Å². The van der Waals surface area contributed by atoms with Gasteiger partial charge in [-0.3, -0.25) is 4.57 Å². The van der Waals surface area contributed by atoms with Gasteiger partial charge in [-0.05, 0) is 66.0 Å². The van der Waals surface area contributed by atoms with Crippen LogP contribution in [0.3, 0.4) is 0 Å². The number of para-hydroxylation sites is 1. The first-order valence-corrected chi connectivity index (χ1v) is 12.2. The molecule has 0 amide bonds. The van der Waals surface area contributed by atoms with Gasteiger partial charge in [-0.1, -0.05) is 30.3 Å². The van der Waals surface area contributed by atoms with E-state index in [9.17, 15) is 4.39 Å². The third-order valence-corrected chi connectivity index (χ3v) is 7.03. The standard InChI is InChI=1S/C31H18FN5O/c32-25-7-5-9-27-30(25)23-14-12-19(16-24(23)31-34-18-35-37(27)31)38-20-11-13-22-21-6-1-2-8-26(21)36(28(22)17-20)29-10-3-4-15-33-29/h1-18H. The molecule has 6 nitrogen and oxygen atoms in total. The zero-order valence-electron chi connectivity index (χ0n) is 19.9.